The molecule has 0 bridgehead atoms. The van der Waals surface area contributed by atoms with Gasteiger partial charge in [0, 0.05) is 27.5 Å². The number of aromatic nitrogens is 1. The Hall–Kier alpha value is -2.14. The molecule has 0 aliphatic heterocycles. The van der Waals surface area contributed by atoms with Gasteiger partial charge in [0.15, 0.2) is 0 Å². The molecule has 2 N–H and O–H groups in total. The van der Waals surface area contributed by atoms with E-state index in [1.54, 1.807) is 12.1 Å². The van der Waals surface area contributed by atoms with E-state index < -0.39 is 0 Å². The van der Waals surface area contributed by atoms with Crippen molar-refractivity contribution in [2.75, 3.05) is 6.54 Å². The Labute approximate surface area is 205 Å². The molecule has 1 aromatic heterocycles. The summed E-state index contributed by atoms with van der Waals surface area (Å²) in [4.78, 5) is 17.2. The number of aryl methyl sites for hydroxylation is 1. The Morgan fingerprint density at radius 1 is 0.879 bits per heavy atom. The van der Waals surface area contributed by atoms with Crippen molar-refractivity contribution in [1.29, 1.82) is 0 Å². The van der Waals surface area contributed by atoms with Gasteiger partial charge in [0.25, 0.3) is 5.91 Å². The van der Waals surface area contributed by atoms with Crippen LogP contribution in [0.5, 0.6) is 0 Å². The van der Waals surface area contributed by atoms with Crippen LogP contribution in [-0.4, -0.2) is 29.5 Å². The molecule has 0 saturated heterocycles. The summed E-state index contributed by atoms with van der Waals surface area (Å²) in [5.74, 6) is 0.586. The molecule has 1 heterocycles. The van der Waals surface area contributed by atoms with Gasteiger partial charge >= 0.3 is 0 Å². The van der Waals surface area contributed by atoms with E-state index in [1.807, 2.05) is 24.3 Å². The Kier molecular flexibility index (Phi) is 6.86. The highest BCUT2D eigenvalue weighted by atomic mass is 35.5. The topological polar surface area (TPSA) is 54.0 Å². The molecule has 0 radical (unpaired) electrons. The molecule has 2 aromatic carbocycles. The third-order valence-corrected chi connectivity index (χ3v) is 7.63. The van der Waals surface area contributed by atoms with E-state index in [2.05, 4.69) is 27.8 Å². The van der Waals surface area contributed by atoms with Crippen molar-refractivity contribution in [3.8, 4) is 0 Å². The molecule has 1 amide bonds. The molecule has 33 heavy (non-hydrogen) atoms. The highest BCUT2D eigenvalue weighted by Gasteiger charge is 2.25. The quantitative estimate of drug-likeness (QED) is 0.471. The van der Waals surface area contributed by atoms with Crippen molar-refractivity contribution in [2.45, 2.75) is 57.0 Å². The van der Waals surface area contributed by atoms with Crippen LogP contribution in [0.15, 0.2) is 48.5 Å². The van der Waals surface area contributed by atoms with Gasteiger partial charge in [-0.05, 0) is 105 Å². The fourth-order valence-corrected chi connectivity index (χ4v) is 5.60. The van der Waals surface area contributed by atoms with Crippen LogP contribution in [0, 0.1) is 5.92 Å². The molecular formula is C27H29Cl2N3O. The minimum absolute atomic E-state index is 0.0885. The van der Waals surface area contributed by atoms with Gasteiger partial charge in [0.2, 0.25) is 0 Å². The summed E-state index contributed by atoms with van der Waals surface area (Å²) in [5, 5.41) is 9.46. The third-order valence-electron chi connectivity index (χ3n) is 7.16. The molecule has 4 nitrogen and oxygen atoms in total. The summed E-state index contributed by atoms with van der Waals surface area (Å²) >= 11 is 12.2. The largest absolute Gasteiger partial charge is 0.348 e. The molecule has 1 unspecified atom stereocenters. The molecule has 1 saturated carbocycles. The molecule has 0 spiro atoms. The maximum Gasteiger partial charge on any atom is 0.270 e. The first-order valence-electron chi connectivity index (χ1n) is 11.9. The van der Waals surface area contributed by atoms with Crippen LogP contribution < -0.4 is 10.6 Å². The first-order valence-corrected chi connectivity index (χ1v) is 12.7. The lowest BCUT2D eigenvalue weighted by Gasteiger charge is -2.32. The standard InChI is InChI=1S/C27H29Cl2N3O/c28-21-6-3-19-15-24(10-4-18(19)13-21)30-16-17-1-8-23(9-2-17)31-27(33)26-11-5-20-14-22(29)7-12-25(20)32-26/h3,5-7,11-14,17,23-24,30H,1-2,4,8-10,15-16H2,(H,31,33). The fraction of sp³-hybridized carbons (Fsp3) is 0.407. The Balaban J connectivity index is 1.08. The van der Waals surface area contributed by atoms with E-state index in [4.69, 9.17) is 23.2 Å². The zero-order valence-electron chi connectivity index (χ0n) is 18.6. The number of carbonyl (C=O) groups is 1. The van der Waals surface area contributed by atoms with Crippen LogP contribution in [0.4, 0.5) is 0 Å². The first-order chi connectivity index (χ1) is 16.0. The Bertz CT molecular complexity index is 1160. The molecule has 3 aromatic rings. The number of fused-ring (bicyclic) bond motifs is 2. The average molecular weight is 482 g/mol. The summed E-state index contributed by atoms with van der Waals surface area (Å²) in [6, 6.07) is 16.3. The SMILES string of the molecule is O=C(NC1CCC(CNC2CCc3cc(Cl)ccc3C2)CC1)c1ccc2cc(Cl)ccc2n1. The Morgan fingerprint density at radius 2 is 1.67 bits per heavy atom. The highest BCUT2D eigenvalue weighted by molar-refractivity contribution is 6.31. The van der Waals surface area contributed by atoms with Crippen molar-refractivity contribution in [2.24, 2.45) is 5.92 Å². The van der Waals surface area contributed by atoms with Gasteiger partial charge in [-0.2, -0.15) is 0 Å². The number of hydrogen-bond acceptors (Lipinski definition) is 3. The summed E-state index contributed by atoms with van der Waals surface area (Å²) < 4.78 is 0. The second-order valence-corrected chi connectivity index (χ2v) is 10.4. The summed E-state index contributed by atoms with van der Waals surface area (Å²) in [7, 11) is 0. The van der Waals surface area contributed by atoms with E-state index in [-0.39, 0.29) is 11.9 Å². The molecule has 5 rings (SSSR count). The van der Waals surface area contributed by atoms with Gasteiger partial charge in [0.1, 0.15) is 5.69 Å². The van der Waals surface area contributed by atoms with Gasteiger partial charge in [-0.25, -0.2) is 4.98 Å². The third kappa shape index (κ3) is 5.51. The van der Waals surface area contributed by atoms with Crippen LogP contribution in [0.1, 0.15) is 53.7 Å². The predicted octanol–water partition coefficient (Wildman–Crippen LogP) is 5.98. The van der Waals surface area contributed by atoms with Crippen LogP contribution in [-0.2, 0) is 12.8 Å². The van der Waals surface area contributed by atoms with Gasteiger partial charge in [0.05, 0.1) is 5.52 Å². The van der Waals surface area contributed by atoms with E-state index in [0.29, 0.717) is 22.7 Å². The van der Waals surface area contributed by atoms with E-state index in [9.17, 15) is 4.79 Å². The molecule has 172 valence electrons. The highest BCUT2D eigenvalue weighted by Crippen LogP contribution is 2.27. The number of benzene rings is 2. The second-order valence-electron chi connectivity index (χ2n) is 9.49. The molecule has 2 aliphatic carbocycles. The number of rotatable bonds is 5. The first kappa shape index (κ1) is 22.6. The van der Waals surface area contributed by atoms with Crippen LogP contribution in [0.3, 0.4) is 0 Å². The number of nitrogens with one attached hydrogen (secondary N) is 2. The molecule has 6 heteroatoms. The molecule has 1 atom stereocenters. The second kappa shape index (κ2) is 10.0. The van der Waals surface area contributed by atoms with Crippen LogP contribution in [0.2, 0.25) is 10.0 Å². The average Bonchev–Trinajstić information content (AvgIpc) is 2.83. The maximum atomic E-state index is 12.7. The Morgan fingerprint density at radius 3 is 2.52 bits per heavy atom. The molecule has 2 aliphatic rings. The number of pyridine rings is 1. The zero-order chi connectivity index (χ0) is 22.8. The summed E-state index contributed by atoms with van der Waals surface area (Å²) in [6.45, 7) is 1.06. The molecular weight excluding hydrogens is 453 g/mol. The lowest BCUT2D eigenvalue weighted by molar-refractivity contribution is 0.0917. The normalized spacial score (nSPS) is 22.7. The number of carbonyl (C=O) groups excluding carboxylic acids is 1. The van der Waals surface area contributed by atoms with Crippen molar-refractivity contribution in [1.82, 2.24) is 15.6 Å². The van der Waals surface area contributed by atoms with Gasteiger partial charge in [-0.15, -0.1) is 0 Å². The van der Waals surface area contributed by atoms with Crippen molar-refractivity contribution in [3.63, 3.8) is 0 Å². The van der Waals surface area contributed by atoms with Crippen LogP contribution in [0.25, 0.3) is 10.9 Å². The minimum atomic E-state index is -0.0885. The maximum absolute atomic E-state index is 12.7. The van der Waals surface area contributed by atoms with Gasteiger partial charge in [-0.1, -0.05) is 35.3 Å². The van der Waals surface area contributed by atoms with Crippen molar-refractivity contribution < 1.29 is 4.79 Å². The van der Waals surface area contributed by atoms with Gasteiger partial charge in [-0.3, -0.25) is 4.79 Å². The van der Waals surface area contributed by atoms with Crippen LogP contribution >= 0.6 is 23.2 Å². The zero-order valence-corrected chi connectivity index (χ0v) is 20.1. The van der Waals surface area contributed by atoms with E-state index in [1.165, 1.54) is 17.5 Å². The summed E-state index contributed by atoms with van der Waals surface area (Å²) in [5.41, 5.74) is 4.09. The smallest absolute Gasteiger partial charge is 0.270 e. The van der Waals surface area contributed by atoms with Gasteiger partial charge < -0.3 is 10.6 Å². The lowest BCUT2D eigenvalue weighted by Crippen LogP contribution is -2.41. The number of nitrogens with zero attached hydrogens (tertiary/aromatic N) is 1. The molecule has 1 fully saturated rings. The van der Waals surface area contributed by atoms with E-state index in [0.717, 1.165) is 61.0 Å². The minimum Gasteiger partial charge on any atom is -0.348 e. The summed E-state index contributed by atoms with van der Waals surface area (Å²) in [6.07, 6.45) is 7.68. The fourth-order valence-electron chi connectivity index (χ4n) is 5.22. The monoisotopic (exact) mass is 481 g/mol. The number of hydrogen-bond donors (Lipinski definition) is 2. The van der Waals surface area contributed by atoms with E-state index >= 15 is 0 Å². The predicted molar refractivity (Wildman–Crippen MR) is 135 cm³/mol. The van der Waals surface area contributed by atoms with Crippen molar-refractivity contribution in [3.05, 3.63) is 75.4 Å². The van der Waals surface area contributed by atoms with Crippen molar-refractivity contribution >= 4 is 40.0 Å². The number of halogens is 2. The lowest BCUT2D eigenvalue weighted by atomic mass is 9.84. The number of amides is 1.